The number of nitrogens with zero attached hydrogens (tertiary/aromatic N) is 2. The van der Waals surface area contributed by atoms with Gasteiger partial charge >= 0.3 is 5.97 Å². The first-order valence-corrected chi connectivity index (χ1v) is 5.77. The number of hydrogen-bond donors (Lipinski definition) is 1. The fraction of sp³-hybridized carbons (Fsp3) is 0.200. The van der Waals surface area contributed by atoms with E-state index >= 15 is 0 Å². The molecule has 0 aromatic carbocycles. The minimum atomic E-state index is -0.951. The zero-order chi connectivity index (χ0) is 11.7. The molecule has 0 saturated heterocycles. The first-order valence-electron chi connectivity index (χ1n) is 4.58. The highest BCUT2D eigenvalue weighted by molar-refractivity contribution is 7.16. The topological polar surface area (TPSA) is 55.1 Å². The first-order chi connectivity index (χ1) is 7.58. The molecule has 0 saturated carbocycles. The molecule has 1 N–H and O–H groups in total. The Morgan fingerprint density at radius 3 is 2.88 bits per heavy atom. The van der Waals surface area contributed by atoms with Crippen LogP contribution in [0.25, 0.3) is 0 Å². The molecule has 6 heteroatoms. The lowest BCUT2D eigenvalue weighted by atomic mass is 10.3. The molecule has 0 aliphatic carbocycles. The van der Waals surface area contributed by atoms with Crippen molar-refractivity contribution in [1.29, 1.82) is 0 Å². The zero-order valence-corrected chi connectivity index (χ0v) is 10.0. The van der Waals surface area contributed by atoms with E-state index in [4.69, 9.17) is 16.7 Å². The lowest BCUT2D eigenvalue weighted by Crippen LogP contribution is -2.04. The minimum Gasteiger partial charge on any atom is -0.478 e. The maximum atomic E-state index is 10.8. The molecule has 0 fully saturated rings. The van der Waals surface area contributed by atoms with Crippen molar-refractivity contribution >= 4 is 28.9 Å². The molecule has 0 unspecified atom stereocenters. The van der Waals surface area contributed by atoms with Crippen LogP contribution in [0, 0.1) is 6.92 Å². The third-order valence-corrected chi connectivity index (χ3v) is 3.48. The molecule has 2 heterocycles. The Bertz CT molecular complexity index is 533. The summed E-state index contributed by atoms with van der Waals surface area (Å²) in [6, 6.07) is 3.73. The van der Waals surface area contributed by atoms with E-state index in [0.717, 1.165) is 9.21 Å². The van der Waals surface area contributed by atoms with E-state index in [1.807, 2.05) is 12.1 Å². The fourth-order valence-electron chi connectivity index (χ4n) is 1.40. The summed E-state index contributed by atoms with van der Waals surface area (Å²) < 4.78 is 2.38. The summed E-state index contributed by atoms with van der Waals surface area (Å²) >= 11 is 7.28. The summed E-state index contributed by atoms with van der Waals surface area (Å²) in [7, 11) is 0. The van der Waals surface area contributed by atoms with Crippen molar-refractivity contribution in [2.45, 2.75) is 13.5 Å². The Hall–Kier alpha value is -1.33. The van der Waals surface area contributed by atoms with Crippen molar-refractivity contribution in [2.24, 2.45) is 0 Å². The van der Waals surface area contributed by atoms with E-state index in [2.05, 4.69) is 5.10 Å². The van der Waals surface area contributed by atoms with Crippen LogP contribution in [-0.2, 0) is 6.54 Å². The van der Waals surface area contributed by atoms with E-state index in [9.17, 15) is 4.79 Å². The summed E-state index contributed by atoms with van der Waals surface area (Å²) in [5.41, 5.74) is 0.889. The van der Waals surface area contributed by atoms with Crippen LogP contribution in [0.1, 0.15) is 20.9 Å². The van der Waals surface area contributed by atoms with Crippen molar-refractivity contribution in [1.82, 2.24) is 9.78 Å². The van der Waals surface area contributed by atoms with E-state index in [1.54, 1.807) is 11.6 Å². The van der Waals surface area contributed by atoms with Gasteiger partial charge in [0, 0.05) is 4.88 Å². The van der Waals surface area contributed by atoms with Gasteiger partial charge < -0.3 is 5.11 Å². The molecule has 0 aliphatic heterocycles. The third kappa shape index (κ3) is 2.10. The van der Waals surface area contributed by atoms with Crippen LogP contribution in [0.5, 0.6) is 0 Å². The second kappa shape index (κ2) is 4.27. The van der Waals surface area contributed by atoms with Crippen molar-refractivity contribution in [3.8, 4) is 0 Å². The first kappa shape index (κ1) is 11.2. The predicted octanol–water partition coefficient (Wildman–Crippen LogP) is 2.65. The van der Waals surface area contributed by atoms with Crippen molar-refractivity contribution in [3.63, 3.8) is 0 Å². The van der Waals surface area contributed by atoms with E-state index < -0.39 is 5.97 Å². The third-order valence-electron chi connectivity index (χ3n) is 2.27. The molecule has 0 atom stereocenters. The molecule has 0 spiro atoms. The van der Waals surface area contributed by atoms with Crippen LogP contribution in [0.15, 0.2) is 18.3 Å². The largest absolute Gasteiger partial charge is 0.478 e. The molecule has 16 heavy (non-hydrogen) atoms. The van der Waals surface area contributed by atoms with Crippen LogP contribution in [0.3, 0.4) is 0 Å². The number of aromatic carboxylic acids is 1. The molecule has 2 aromatic heterocycles. The van der Waals surface area contributed by atoms with E-state index in [-0.39, 0.29) is 5.56 Å². The highest BCUT2D eigenvalue weighted by Crippen LogP contribution is 2.22. The molecule has 0 amide bonds. The lowest BCUT2D eigenvalue weighted by molar-refractivity contribution is 0.0696. The van der Waals surface area contributed by atoms with Gasteiger partial charge in [0.15, 0.2) is 0 Å². The number of carbonyl (C=O) groups is 1. The Balaban J connectivity index is 2.25. The quantitative estimate of drug-likeness (QED) is 0.919. The Morgan fingerprint density at radius 1 is 1.62 bits per heavy atom. The molecule has 0 aliphatic rings. The fourth-order valence-corrected chi connectivity index (χ4v) is 2.47. The van der Waals surface area contributed by atoms with Gasteiger partial charge in [0.05, 0.1) is 22.8 Å². The lowest BCUT2D eigenvalue weighted by Gasteiger charge is -2.01. The average Bonchev–Trinajstić information content (AvgIpc) is 2.76. The molecule has 0 radical (unpaired) electrons. The van der Waals surface area contributed by atoms with Crippen LogP contribution < -0.4 is 0 Å². The Kier molecular flexibility index (Phi) is 2.98. The van der Waals surface area contributed by atoms with Gasteiger partial charge in [0.2, 0.25) is 0 Å². The summed E-state index contributed by atoms with van der Waals surface area (Å²) in [6.07, 6.45) is 1.37. The number of thiophene rings is 1. The summed E-state index contributed by atoms with van der Waals surface area (Å²) in [5.74, 6) is -0.951. The van der Waals surface area contributed by atoms with Gasteiger partial charge in [0.25, 0.3) is 0 Å². The molecule has 4 nitrogen and oxygen atoms in total. The number of carboxylic acids is 1. The smallest absolute Gasteiger partial charge is 0.339 e. The van der Waals surface area contributed by atoms with Gasteiger partial charge in [-0.1, -0.05) is 11.6 Å². The second-order valence-electron chi connectivity index (χ2n) is 3.31. The highest BCUT2D eigenvalue weighted by atomic mass is 35.5. The van der Waals surface area contributed by atoms with Gasteiger partial charge in [-0.15, -0.1) is 11.3 Å². The maximum absolute atomic E-state index is 10.8. The Morgan fingerprint density at radius 2 is 2.38 bits per heavy atom. The number of hydrogen-bond acceptors (Lipinski definition) is 3. The van der Waals surface area contributed by atoms with Crippen molar-refractivity contribution < 1.29 is 9.90 Å². The molecule has 0 bridgehead atoms. The number of rotatable bonds is 3. The second-order valence-corrected chi connectivity index (χ2v) is 5.11. The van der Waals surface area contributed by atoms with Gasteiger partial charge in [-0.3, -0.25) is 4.68 Å². The molecular formula is C10H9ClN2O2S. The van der Waals surface area contributed by atoms with Crippen LogP contribution in [-0.4, -0.2) is 20.9 Å². The molecule has 84 valence electrons. The van der Waals surface area contributed by atoms with Gasteiger partial charge in [-0.05, 0) is 19.1 Å². The van der Waals surface area contributed by atoms with Gasteiger partial charge in [-0.25, -0.2) is 4.79 Å². The van der Waals surface area contributed by atoms with Crippen LogP contribution >= 0.6 is 22.9 Å². The van der Waals surface area contributed by atoms with Crippen molar-refractivity contribution in [3.05, 3.63) is 38.8 Å². The predicted molar refractivity (Wildman–Crippen MR) is 62.4 cm³/mol. The van der Waals surface area contributed by atoms with E-state index in [1.165, 1.54) is 17.5 Å². The molecule has 2 rings (SSSR count). The van der Waals surface area contributed by atoms with E-state index in [0.29, 0.717) is 12.2 Å². The standard InChI is InChI=1S/C10H9ClN2O2S/c1-6-8(10(14)15)4-12-13(6)5-7-2-3-9(11)16-7/h2-4H,5H2,1H3,(H,14,15). The summed E-state index contributed by atoms with van der Waals surface area (Å²) in [4.78, 5) is 11.9. The minimum absolute atomic E-state index is 0.239. The van der Waals surface area contributed by atoms with Crippen LogP contribution in [0.4, 0.5) is 0 Å². The normalized spacial score (nSPS) is 10.6. The zero-order valence-electron chi connectivity index (χ0n) is 8.48. The maximum Gasteiger partial charge on any atom is 0.339 e. The number of carboxylic acid groups (broad SMARTS) is 1. The number of halogens is 1. The van der Waals surface area contributed by atoms with Crippen molar-refractivity contribution in [2.75, 3.05) is 0 Å². The average molecular weight is 257 g/mol. The summed E-state index contributed by atoms with van der Waals surface area (Å²) in [6.45, 7) is 2.29. The molecule has 2 aromatic rings. The van der Waals surface area contributed by atoms with Crippen LogP contribution in [0.2, 0.25) is 4.34 Å². The molecular weight excluding hydrogens is 248 g/mol. The SMILES string of the molecule is Cc1c(C(=O)O)cnn1Cc1ccc(Cl)s1. The van der Waals surface area contributed by atoms with Gasteiger partial charge in [-0.2, -0.15) is 5.10 Å². The van der Waals surface area contributed by atoms with Gasteiger partial charge in [0.1, 0.15) is 5.56 Å². The monoisotopic (exact) mass is 256 g/mol. The highest BCUT2D eigenvalue weighted by Gasteiger charge is 2.13. The Labute approximate surface area is 101 Å². The summed E-state index contributed by atoms with van der Waals surface area (Å²) in [5, 5.41) is 12.9. The number of aromatic nitrogens is 2.